The third-order valence-electron chi connectivity index (χ3n) is 3.09. The number of aromatic nitrogens is 1. The molecule has 0 amide bonds. The molecule has 2 heterocycles. The lowest BCUT2D eigenvalue weighted by Gasteiger charge is -2.06. The van der Waals surface area contributed by atoms with Crippen LogP contribution in [0.1, 0.15) is 5.69 Å². The van der Waals surface area contributed by atoms with Gasteiger partial charge in [-0.1, -0.05) is 49.8 Å². The van der Waals surface area contributed by atoms with E-state index < -0.39 is 8.07 Å². The summed E-state index contributed by atoms with van der Waals surface area (Å²) in [5, 5.41) is 1.25. The van der Waals surface area contributed by atoms with Gasteiger partial charge in [0.05, 0.1) is 11.2 Å². The molecule has 3 aromatic rings. The quantitative estimate of drug-likeness (QED) is 0.420. The Balaban J connectivity index is 2.31. The highest BCUT2D eigenvalue weighted by Gasteiger charge is 2.08. The molecule has 0 N–H and O–H groups in total. The molecule has 0 radical (unpaired) electrons. The first kappa shape index (κ1) is 12.1. The highest BCUT2D eigenvalue weighted by molar-refractivity contribution is 6.83. The molecule has 0 atom stereocenters. The summed E-state index contributed by atoms with van der Waals surface area (Å²) in [5.41, 5.74) is 6.97. The number of hydrogen-bond donors (Lipinski definition) is 0. The van der Waals surface area contributed by atoms with Crippen LogP contribution >= 0.6 is 0 Å². The number of fused-ring (bicyclic) bond motifs is 3. The Morgan fingerprint density at radius 3 is 2.42 bits per heavy atom. The smallest absolute Gasteiger partial charge is 0.129 e. The largest absolute Gasteiger partial charge is 0.303 e. The second-order valence-electron chi connectivity index (χ2n) is 5.87. The molecule has 19 heavy (non-hydrogen) atoms. The van der Waals surface area contributed by atoms with Crippen LogP contribution < -0.4 is 0 Å². The van der Waals surface area contributed by atoms with Crippen LogP contribution in [0.25, 0.3) is 16.4 Å². The maximum Gasteiger partial charge on any atom is 0.129 e. The van der Waals surface area contributed by atoms with Crippen molar-refractivity contribution in [2.24, 2.45) is 0 Å². The third kappa shape index (κ3) is 2.30. The van der Waals surface area contributed by atoms with E-state index in [4.69, 9.17) is 0 Å². The van der Waals surface area contributed by atoms with Gasteiger partial charge in [0.1, 0.15) is 8.07 Å². The van der Waals surface area contributed by atoms with Gasteiger partial charge in [-0.25, -0.2) is 0 Å². The molecular formula is C17H17NSi. The summed E-state index contributed by atoms with van der Waals surface area (Å²) in [4.78, 5) is 0. The van der Waals surface area contributed by atoms with Crippen LogP contribution in [-0.2, 0) is 0 Å². The van der Waals surface area contributed by atoms with E-state index in [1.54, 1.807) is 0 Å². The highest BCUT2D eigenvalue weighted by atomic mass is 28.3. The maximum atomic E-state index is 3.45. The van der Waals surface area contributed by atoms with E-state index in [0.717, 1.165) is 5.69 Å². The molecule has 0 fully saturated rings. The fraction of sp³-hybridized carbons (Fsp3) is 0.176. The molecule has 0 saturated heterocycles. The lowest BCUT2D eigenvalue weighted by Crippen LogP contribution is -2.16. The molecule has 0 aliphatic rings. The van der Waals surface area contributed by atoms with Crippen molar-refractivity contribution in [3.63, 3.8) is 0 Å². The third-order valence-corrected chi connectivity index (χ3v) is 3.96. The van der Waals surface area contributed by atoms with Crippen LogP contribution in [0.15, 0.2) is 48.5 Å². The van der Waals surface area contributed by atoms with Crippen molar-refractivity contribution in [2.75, 3.05) is 0 Å². The van der Waals surface area contributed by atoms with Crippen LogP contribution in [0.4, 0.5) is 0 Å². The van der Waals surface area contributed by atoms with Crippen molar-refractivity contribution in [3.05, 3.63) is 54.2 Å². The van der Waals surface area contributed by atoms with Gasteiger partial charge in [-0.2, -0.15) is 0 Å². The molecule has 1 aromatic carbocycles. The summed E-state index contributed by atoms with van der Waals surface area (Å²) in [6.07, 6.45) is 0. The molecule has 94 valence electrons. The van der Waals surface area contributed by atoms with Gasteiger partial charge in [0, 0.05) is 5.52 Å². The maximum absolute atomic E-state index is 3.45. The van der Waals surface area contributed by atoms with E-state index in [0.29, 0.717) is 0 Å². The van der Waals surface area contributed by atoms with E-state index >= 15 is 0 Å². The number of para-hydroxylation sites is 1. The number of pyridine rings is 1. The van der Waals surface area contributed by atoms with Crippen LogP contribution in [0.2, 0.25) is 19.6 Å². The van der Waals surface area contributed by atoms with Gasteiger partial charge >= 0.3 is 0 Å². The Labute approximate surface area is 114 Å². The molecule has 0 aliphatic carbocycles. The molecule has 2 aromatic heterocycles. The van der Waals surface area contributed by atoms with Crippen molar-refractivity contribution in [1.29, 1.82) is 0 Å². The zero-order chi connectivity index (χ0) is 13.5. The van der Waals surface area contributed by atoms with Crippen LogP contribution in [0.5, 0.6) is 0 Å². The van der Waals surface area contributed by atoms with E-state index in [9.17, 15) is 0 Å². The first-order valence-electron chi connectivity index (χ1n) is 6.57. The Kier molecular flexibility index (Phi) is 2.73. The van der Waals surface area contributed by atoms with Gasteiger partial charge in [0.25, 0.3) is 0 Å². The Bertz CT molecular complexity index is 810. The van der Waals surface area contributed by atoms with Gasteiger partial charge in [-0.15, -0.1) is 5.54 Å². The van der Waals surface area contributed by atoms with Gasteiger partial charge in [0.15, 0.2) is 0 Å². The number of hydrogen-bond acceptors (Lipinski definition) is 0. The van der Waals surface area contributed by atoms with E-state index in [2.05, 4.69) is 84.0 Å². The van der Waals surface area contributed by atoms with Crippen LogP contribution in [-0.4, -0.2) is 12.5 Å². The predicted octanol–water partition coefficient (Wildman–Crippen LogP) is 4.32. The van der Waals surface area contributed by atoms with E-state index in [1.165, 1.54) is 16.4 Å². The van der Waals surface area contributed by atoms with E-state index in [1.807, 2.05) is 0 Å². The minimum Gasteiger partial charge on any atom is -0.303 e. The van der Waals surface area contributed by atoms with Gasteiger partial charge in [-0.3, -0.25) is 0 Å². The Hall–Kier alpha value is -1.98. The zero-order valence-electron chi connectivity index (χ0n) is 11.6. The molecule has 2 heteroatoms. The standard InChI is InChI=1S/C17H17NSi/c1-19(2,3)13-12-16-11-10-15-9-8-14-6-4-5-7-17(14)18(15)16/h4-11H,1-3H3. The lowest BCUT2D eigenvalue weighted by atomic mass is 10.2. The average molecular weight is 263 g/mol. The first-order valence-corrected chi connectivity index (χ1v) is 10.1. The SMILES string of the molecule is C[Si](C)(C)C#Cc1ccc2ccc3ccccc3n12. The Morgan fingerprint density at radius 2 is 1.63 bits per heavy atom. The minimum atomic E-state index is -1.34. The number of rotatable bonds is 0. The van der Waals surface area contributed by atoms with Crippen molar-refractivity contribution < 1.29 is 0 Å². The second-order valence-corrected chi connectivity index (χ2v) is 10.6. The van der Waals surface area contributed by atoms with Crippen molar-refractivity contribution in [2.45, 2.75) is 19.6 Å². The molecular weight excluding hydrogens is 246 g/mol. The van der Waals surface area contributed by atoms with Crippen molar-refractivity contribution in [1.82, 2.24) is 4.40 Å². The summed E-state index contributed by atoms with van der Waals surface area (Å²) >= 11 is 0. The molecule has 0 saturated carbocycles. The molecule has 1 nitrogen and oxygen atoms in total. The first-order chi connectivity index (χ1) is 9.04. The van der Waals surface area contributed by atoms with Crippen LogP contribution in [0.3, 0.4) is 0 Å². The van der Waals surface area contributed by atoms with Crippen molar-refractivity contribution >= 4 is 24.5 Å². The second kappa shape index (κ2) is 4.29. The molecule has 0 bridgehead atoms. The molecule has 0 aliphatic heterocycles. The normalized spacial score (nSPS) is 11.5. The highest BCUT2D eigenvalue weighted by Crippen LogP contribution is 2.19. The molecule has 3 rings (SSSR count). The molecule has 0 unspecified atom stereocenters. The summed E-state index contributed by atoms with van der Waals surface area (Å²) in [7, 11) is -1.34. The topological polar surface area (TPSA) is 4.41 Å². The minimum absolute atomic E-state index is 1.09. The number of benzene rings is 1. The predicted molar refractivity (Wildman–Crippen MR) is 85.1 cm³/mol. The average Bonchev–Trinajstić information content (AvgIpc) is 2.79. The van der Waals surface area contributed by atoms with Gasteiger partial charge < -0.3 is 4.40 Å². The Morgan fingerprint density at radius 1 is 0.895 bits per heavy atom. The fourth-order valence-corrected chi connectivity index (χ4v) is 2.71. The van der Waals surface area contributed by atoms with Gasteiger partial charge in [-0.05, 0) is 29.7 Å². The fourth-order valence-electron chi connectivity index (χ4n) is 2.21. The van der Waals surface area contributed by atoms with Crippen molar-refractivity contribution in [3.8, 4) is 11.5 Å². The van der Waals surface area contributed by atoms with Crippen LogP contribution in [0, 0.1) is 11.5 Å². The monoisotopic (exact) mass is 263 g/mol. The summed E-state index contributed by atoms with van der Waals surface area (Å²) in [5.74, 6) is 3.37. The van der Waals surface area contributed by atoms with Gasteiger partial charge in [0.2, 0.25) is 0 Å². The summed E-state index contributed by atoms with van der Waals surface area (Å²) < 4.78 is 2.25. The summed E-state index contributed by atoms with van der Waals surface area (Å²) in [6, 6.07) is 17.0. The number of nitrogens with zero attached hydrogens (tertiary/aromatic N) is 1. The lowest BCUT2D eigenvalue weighted by molar-refractivity contribution is 1.24. The summed E-state index contributed by atoms with van der Waals surface area (Å²) in [6.45, 7) is 6.82. The van der Waals surface area contributed by atoms with E-state index in [-0.39, 0.29) is 0 Å². The molecule has 0 spiro atoms. The zero-order valence-corrected chi connectivity index (χ0v) is 12.6.